The van der Waals surface area contributed by atoms with E-state index in [0.717, 1.165) is 18.1 Å². The summed E-state index contributed by atoms with van der Waals surface area (Å²) >= 11 is 0. The number of benzene rings is 1. The van der Waals surface area contributed by atoms with Crippen molar-refractivity contribution in [3.63, 3.8) is 0 Å². The van der Waals surface area contributed by atoms with E-state index in [9.17, 15) is 0 Å². The average Bonchev–Trinajstić information content (AvgIpc) is 2.40. The lowest BCUT2D eigenvalue weighted by Gasteiger charge is -2.19. The number of anilines is 1. The van der Waals surface area contributed by atoms with Gasteiger partial charge in [-0.2, -0.15) is 0 Å². The molecule has 20 heavy (non-hydrogen) atoms. The van der Waals surface area contributed by atoms with Crippen LogP contribution in [0, 0.1) is 19.3 Å². The van der Waals surface area contributed by atoms with Gasteiger partial charge >= 0.3 is 0 Å². The first-order chi connectivity index (χ1) is 9.45. The molecule has 0 radical (unpaired) electrons. The summed E-state index contributed by atoms with van der Waals surface area (Å²) < 4.78 is 0. The molecule has 0 amide bonds. The van der Waals surface area contributed by atoms with Gasteiger partial charge in [-0.25, -0.2) is 4.98 Å². The maximum absolute atomic E-state index is 7.55. The molecule has 1 heterocycles. The molecule has 0 unspecified atom stereocenters. The third-order valence-electron chi connectivity index (χ3n) is 3.18. The van der Waals surface area contributed by atoms with Crippen molar-refractivity contribution in [3.8, 4) is 0 Å². The first-order valence-corrected chi connectivity index (χ1v) is 6.55. The predicted molar refractivity (Wildman–Crippen MR) is 83.3 cm³/mol. The zero-order valence-electron chi connectivity index (χ0n) is 12.1. The number of nitrogens with zero attached hydrogens (tertiary/aromatic N) is 2. The summed E-state index contributed by atoms with van der Waals surface area (Å²) in [5, 5.41) is 7.55. The van der Waals surface area contributed by atoms with Crippen LogP contribution in [0.15, 0.2) is 36.4 Å². The Labute approximate surface area is 119 Å². The average molecular weight is 268 g/mol. The van der Waals surface area contributed by atoms with Crippen molar-refractivity contribution in [3.05, 3.63) is 58.8 Å². The van der Waals surface area contributed by atoms with Crippen LogP contribution in [-0.4, -0.2) is 17.9 Å². The molecule has 104 valence electrons. The van der Waals surface area contributed by atoms with E-state index >= 15 is 0 Å². The molecular weight excluding hydrogens is 248 g/mol. The Kier molecular flexibility index (Phi) is 4.03. The Bertz CT molecular complexity index is 617. The second-order valence-corrected chi connectivity index (χ2v) is 5.11. The summed E-state index contributed by atoms with van der Waals surface area (Å²) in [7, 11) is 1.99. The van der Waals surface area contributed by atoms with Crippen LogP contribution in [0.1, 0.15) is 22.4 Å². The van der Waals surface area contributed by atoms with Crippen LogP contribution >= 0.6 is 0 Å². The van der Waals surface area contributed by atoms with E-state index in [0.29, 0.717) is 5.56 Å². The van der Waals surface area contributed by atoms with Gasteiger partial charge in [-0.3, -0.25) is 5.41 Å². The van der Waals surface area contributed by atoms with Crippen molar-refractivity contribution in [2.24, 2.45) is 5.73 Å². The van der Waals surface area contributed by atoms with Gasteiger partial charge in [0.2, 0.25) is 0 Å². The first-order valence-electron chi connectivity index (χ1n) is 6.55. The second kappa shape index (κ2) is 5.74. The van der Waals surface area contributed by atoms with Gasteiger partial charge < -0.3 is 10.6 Å². The topological polar surface area (TPSA) is 66.0 Å². The molecule has 2 aromatic rings. The summed E-state index contributed by atoms with van der Waals surface area (Å²) in [5.41, 5.74) is 9.61. The molecule has 0 aliphatic heterocycles. The van der Waals surface area contributed by atoms with Crippen molar-refractivity contribution in [2.75, 3.05) is 11.9 Å². The zero-order chi connectivity index (χ0) is 14.7. The number of pyridine rings is 1. The predicted octanol–water partition coefficient (Wildman–Crippen LogP) is 2.62. The Morgan fingerprint density at radius 1 is 1.20 bits per heavy atom. The highest BCUT2D eigenvalue weighted by Crippen LogP contribution is 2.16. The number of amidine groups is 1. The Morgan fingerprint density at radius 2 is 1.85 bits per heavy atom. The fraction of sp³-hybridized carbons (Fsp3) is 0.250. The van der Waals surface area contributed by atoms with E-state index in [2.05, 4.69) is 41.1 Å². The molecule has 4 heteroatoms. The SMILES string of the molecule is Cc1ccc(CN(C)c2cc(C(=N)N)cc(C)n2)cc1. The number of aryl methyl sites for hydroxylation is 2. The van der Waals surface area contributed by atoms with Gasteiger partial charge in [-0.15, -0.1) is 0 Å². The smallest absolute Gasteiger partial charge is 0.129 e. The summed E-state index contributed by atoms with van der Waals surface area (Å²) in [6.45, 7) is 4.76. The minimum absolute atomic E-state index is 0.0699. The fourth-order valence-electron chi connectivity index (χ4n) is 2.05. The normalized spacial score (nSPS) is 10.3. The molecule has 0 saturated carbocycles. The Hall–Kier alpha value is -2.36. The maximum atomic E-state index is 7.55. The summed E-state index contributed by atoms with van der Waals surface area (Å²) in [6.07, 6.45) is 0. The van der Waals surface area contributed by atoms with Crippen LogP contribution < -0.4 is 10.6 Å². The monoisotopic (exact) mass is 268 g/mol. The number of nitrogen functional groups attached to an aromatic ring is 1. The molecule has 0 saturated heterocycles. The molecule has 0 aliphatic rings. The molecule has 4 nitrogen and oxygen atoms in total. The molecule has 0 spiro atoms. The number of rotatable bonds is 4. The van der Waals surface area contributed by atoms with Gasteiger partial charge in [0, 0.05) is 24.8 Å². The van der Waals surface area contributed by atoms with E-state index in [1.165, 1.54) is 11.1 Å². The summed E-state index contributed by atoms with van der Waals surface area (Å²) in [4.78, 5) is 6.56. The van der Waals surface area contributed by atoms with Crippen LogP contribution in [0.2, 0.25) is 0 Å². The number of hydrogen-bond acceptors (Lipinski definition) is 3. The molecule has 0 atom stereocenters. The Morgan fingerprint density at radius 3 is 2.45 bits per heavy atom. The van der Waals surface area contributed by atoms with Gasteiger partial charge in [-0.1, -0.05) is 29.8 Å². The second-order valence-electron chi connectivity index (χ2n) is 5.11. The molecule has 0 aliphatic carbocycles. The fourth-order valence-corrected chi connectivity index (χ4v) is 2.05. The van der Waals surface area contributed by atoms with Gasteiger partial charge in [0.1, 0.15) is 11.7 Å². The first kappa shape index (κ1) is 14.1. The van der Waals surface area contributed by atoms with E-state index in [4.69, 9.17) is 11.1 Å². The van der Waals surface area contributed by atoms with Crippen LogP contribution in [0.4, 0.5) is 5.82 Å². The highest BCUT2D eigenvalue weighted by molar-refractivity contribution is 5.95. The van der Waals surface area contributed by atoms with Gasteiger partial charge in [0.15, 0.2) is 0 Å². The molecular formula is C16H20N4. The Balaban J connectivity index is 2.22. The van der Waals surface area contributed by atoms with Crippen LogP contribution in [0.5, 0.6) is 0 Å². The highest BCUT2D eigenvalue weighted by Gasteiger charge is 2.07. The molecule has 1 aromatic carbocycles. The van der Waals surface area contributed by atoms with E-state index in [1.54, 1.807) is 0 Å². The number of nitrogens with one attached hydrogen (secondary N) is 1. The molecule has 0 fully saturated rings. The lowest BCUT2D eigenvalue weighted by atomic mass is 10.1. The largest absolute Gasteiger partial charge is 0.384 e. The highest BCUT2D eigenvalue weighted by atomic mass is 15.2. The zero-order valence-corrected chi connectivity index (χ0v) is 12.1. The van der Waals surface area contributed by atoms with Crippen molar-refractivity contribution < 1.29 is 0 Å². The lowest BCUT2D eigenvalue weighted by Crippen LogP contribution is -2.20. The van der Waals surface area contributed by atoms with Crippen molar-refractivity contribution in [1.29, 1.82) is 5.41 Å². The van der Waals surface area contributed by atoms with Crippen LogP contribution in [0.25, 0.3) is 0 Å². The molecule has 3 N–H and O–H groups in total. The summed E-state index contributed by atoms with van der Waals surface area (Å²) in [5.74, 6) is 0.899. The van der Waals surface area contributed by atoms with Crippen LogP contribution in [-0.2, 0) is 6.54 Å². The summed E-state index contributed by atoms with van der Waals surface area (Å²) in [6, 6.07) is 12.1. The van der Waals surface area contributed by atoms with E-state index in [-0.39, 0.29) is 5.84 Å². The number of nitrogens with two attached hydrogens (primary N) is 1. The minimum Gasteiger partial charge on any atom is -0.384 e. The van der Waals surface area contributed by atoms with E-state index < -0.39 is 0 Å². The van der Waals surface area contributed by atoms with Gasteiger partial charge in [-0.05, 0) is 31.5 Å². The third-order valence-corrected chi connectivity index (χ3v) is 3.18. The lowest BCUT2D eigenvalue weighted by molar-refractivity contribution is 0.891. The number of hydrogen-bond donors (Lipinski definition) is 2. The number of aromatic nitrogens is 1. The van der Waals surface area contributed by atoms with Crippen molar-refractivity contribution in [2.45, 2.75) is 20.4 Å². The van der Waals surface area contributed by atoms with Crippen molar-refractivity contribution >= 4 is 11.7 Å². The van der Waals surface area contributed by atoms with E-state index in [1.807, 2.05) is 26.1 Å². The third kappa shape index (κ3) is 3.35. The minimum atomic E-state index is 0.0699. The van der Waals surface area contributed by atoms with Gasteiger partial charge in [0.05, 0.1) is 0 Å². The molecule has 1 aromatic heterocycles. The quantitative estimate of drug-likeness (QED) is 0.661. The molecule has 2 rings (SSSR count). The van der Waals surface area contributed by atoms with Gasteiger partial charge in [0.25, 0.3) is 0 Å². The van der Waals surface area contributed by atoms with Crippen molar-refractivity contribution in [1.82, 2.24) is 4.98 Å². The standard InChI is InChI=1S/C16H20N4/c1-11-4-6-13(7-5-11)10-20(3)15-9-14(16(17)18)8-12(2)19-15/h4-9H,10H2,1-3H3,(H3,17,18). The van der Waals surface area contributed by atoms with Crippen LogP contribution in [0.3, 0.4) is 0 Å². The maximum Gasteiger partial charge on any atom is 0.129 e. The molecule has 0 bridgehead atoms.